The van der Waals surface area contributed by atoms with Crippen molar-refractivity contribution in [2.45, 2.75) is 38.1 Å². The quantitative estimate of drug-likeness (QED) is 0.841. The normalized spacial score (nSPS) is 27.4. The van der Waals surface area contributed by atoms with Crippen LogP contribution in [0, 0.1) is 12.8 Å². The van der Waals surface area contributed by atoms with Crippen molar-refractivity contribution in [3.05, 3.63) is 29.8 Å². The van der Waals surface area contributed by atoms with Crippen LogP contribution in [0.5, 0.6) is 5.75 Å². The average Bonchev–Trinajstić information content (AvgIpc) is 2.74. The fraction of sp³-hybridized carbons (Fsp3) is 0.600. The highest BCUT2D eigenvalue weighted by Gasteiger charge is 2.38. The Labute approximate surface area is 109 Å². The van der Waals surface area contributed by atoms with Crippen LogP contribution in [-0.4, -0.2) is 23.9 Å². The van der Waals surface area contributed by atoms with Crippen molar-refractivity contribution in [3.8, 4) is 5.75 Å². The van der Waals surface area contributed by atoms with Gasteiger partial charge in [0.05, 0.1) is 13.2 Å². The lowest BCUT2D eigenvalue weighted by atomic mass is 9.87. The molecular formula is C15H23NO2. The van der Waals surface area contributed by atoms with Gasteiger partial charge in [0.2, 0.25) is 0 Å². The van der Waals surface area contributed by atoms with Crippen molar-refractivity contribution in [2.75, 3.05) is 13.2 Å². The van der Waals surface area contributed by atoms with Gasteiger partial charge in [0.25, 0.3) is 0 Å². The Kier molecular flexibility index (Phi) is 4.25. The van der Waals surface area contributed by atoms with E-state index in [1.165, 1.54) is 0 Å². The second kappa shape index (κ2) is 5.72. The van der Waals surface area contributed by atoms with Gasteiger partial charge >= 0.3 is 0 Å². The summed E-state index contributed by atoms with van der Waals surface area (Å²) in [6, 6.07) is 8.03. The highest BCUT2D eigenvalue weighted by Crippen LogP contribution is 2.35. The zero-order chi connectivity index (χ0) is 13.0. The summed E-state index contributed by atoms with van der Waals surface area (Å²) in [6.45, 7) is 2.81. The molecule has 1 aliphatic rings. The molecule has 0 bridgehead atoms. The van der Waals surface area contributed by atoms with Crippen molar-refractivity contribution < 1.29 is 9.84 Å². The first kappa shape index (κ1) is 13.4. The molecule has 0 amide bonds. The Morgan fingerprint density at radius 2 is 2.22 bits per heavy atom. The van der Waals surface area contributed by atoms with E-state index in [2.05, 4.69) is 0 Å². The largest absolute Gasteiger partial charge is 0.493 e. The summed E-state index contributed by atoms with van der Waals surface area (Å²) in [5.74, 6) is 1.33. The van der Waals surface area contributed by atoms with Crippen LogP contribution < -0.4 is 10.5 Å². The molecule has 0 heterocycles. The molecule has 0 saturated heterocycles. The van der Waals surface area contributed by atoms with Crippen LogP contribution in [0.25, 0.3) is 0 Å². The number of hydrogen-bond acceptors (Lipinski definition) is 3. The van der Waals surface area contributed by atoms with Gasteiger partial charge in [-0.15, -0.1) is 0 Å². The minimum atomic E-state index is -0.380. The van der Waals surface area contributed by atoms with Gasteiger partial charge in [-0.25, -0.2) is 0 Å². The van der Waals surface area contributed by atoms with E-state index < -0.39 is 0 Å². The van der Waals surface area contributed by atoms with Gasteiger partial charge in [0, 0.05) is 5.54 Å². The molecule has 1 fully saturated rings. The second-order valence-corrected chi connectivity index (χ2v) is 5.38. The van der Waals surface area contributed by atoms with Gasteiger partial charge in [-0.05, 0) is 43.7 Å². The van der Waals surface area contributed by atoms with E-state index in [0.29, 0.717) is 12.5 Å². The molecule has 0 spiro atoms. The standard InChI is InChI=1S/C15H23NO2/c1-12-5-2-3-7-14(12)18-10-8-13-6-4-9-15(13,16)11-17/h2-3,5,7,13,17H,4,6,8-11,16H2,1H3. The fourth-order valence-corrected chi connectivity index (χ4v) is 2.84. The van der Waals surface area contributed by atoms with Crippen LogP contribution in [0.2, 0.25) is 0 Å². The molecule has 100 valence electrons. The Morgan fingerprint density at radius 1 is 1.44 bits per heavy atom. The SMILES string of the molecule is Cc1ccccc1OCCC1CCCC1(N)CO. The first-order valence-corrected chi connectivity index (χ1v) is 6.74. The summed E-state index contributed by atoms with van der Waals surface area (Å²) in [4.78, 5) is 0. The molecule has 2 atom stereocenters. The number of nitrogens with two attached hydrogens (primary N) is 1. The van der Waals surface area contributed by atoms with Crippen LogP contribution >= 0.6 is 0 Å². The minimum absolute atomic E-state index is 0.0853. The van der Waals surface area contributed by atoms with Crippen LogP contribution in [0.1, 0.15) is 31.2 Å². The summed E-state index contributed by atoms with van der Waals surface area (Å²) in [6.07, 6.45) is 4.07. The van der Waals surface area contributed by atoms with Crippen molar-refractivity contribution >= 4 is 0 Å². The second-order valence-electron chi connectivity index (χ2n) is 5.38. The Balaban J connectivity index is 1.84. The molecule has 3 N–H and O–H groups in total. The summed E-state index contributed by atoms with van der Waals surface area (Å²) in [7, 11) is 0. The zero-order valence-electron chi connectivity index (χ0n) is 11.1. The molecule has 1 aromatic carbocycles. The lowest BCUT2D eigenvalue weighted by Gasteiger charge is -2.29. The highest BCUT2D eigenvalue weighted by molar-refractivity contribution is 5.31. The Morgan fingerprint density at radius 3 is 2.94 bits per heavy atom. The predicted octanol–water partition coefficient (Wildman–Crippen LogP) is 2.25. The molecular weight excluding hydrogens is 226 g/mol. The number of aliphatic hydroxyl groups excluding tert-OH is 1. The molecule has 1 aromatic rings. The van der Waals surface area contributed by atoms with Crippen molar-refractivity contribution in [1.29, 1.82) is 0 Å². The molecule has 1 saturated carbocycles. The number of hydrogen-bond donors (Lipinski definition) is 2. The fourth-order valence-electron chi connectivity index (χ4n) is 2.84. The van der Waals surface area contributed by atoms with Crippen molar-refractivity contribution in [1.82, 2.24) is 0 Å². The lowest BCUT2D eigenvalue weighted by Crippen LogP contribution is -2.47. The Bertz CT molecular complexity index is 394. The minimum Gasteiger partial charge on any atom is -0.493 e. The monoisotopic (exact) mass is 249 g/mol. The summed E-state index contributed by atoms with van der Waals surface area (Å²) < 4.78 is 5.80. The van der Waals surface area contributed by atoms with Gasteiger partial charge in [-0.3, -0.25) is 0 Å². The summed E-state index contributed by atoms with van der Waals surface area (Å²) in [5.41, 5.74) is 6.98. The van der Waals surface area contributed by atoms with Crippen LogP contribution in [0.4, 0.5) is 0 Å². The maximum Gasteiger partial charge on any atom is 0.122 e. The number of aliphatic hydroxyl groups is 1. The van der Waals surface area contributed by atoms with Crippen LogP contribution in [0.3, 0.4) is 0 Å². The number of rotatable bonds is 5. The summed E-state index contributed by atoms with van der Waals surface area (Å²) >= 11 is 0. The van der Waals surface area contributed by atoms with Gasteiger partial charge in [-0.1, -0.05) is 24.6 Å². The first-order valence-electron chi connectivity index (χ1n) is 6.74. The first-order chi connectivity index (χ1) is 8.65. The van der Waals surface area contributed by atoms with Gasteiger partial charge in [-0.2, -0.15) is 0 Å². The summed E-state index contributed by atoms with van der Waals surface area (Å²) in [5, 5.41) is 9.39. The third kappa shape index (κ3) is 2.85. The topological polar surface area (TPSA) is 55.5 Å². The van der Waals surface area contributed by atoms with E-state index >= 15 is 0 Å². The Hall–Kier alpha value is -1.06. The third-order valence-corrected chi connectivity index (χ3v) is 4.12. The van der Waals surface area contributed by atoms with E-state index in [9.17, 15) is 5.11 Å². The highest BCUT2D eigenvalue weighted by atomic mass is 16.5. The molecule has 18 heavy (non-hydrogen) atoms. The maximum absolute atomic E-state index is 9.39. The average molecular weight is 249 g/mol. The third-order valence-electron chi connectivity index (χ3n) is 4.12. The van der Waals surface area contributed by atoms with Crippen molar-refractivity contribution in [2.24, 2.45) is 11.7 Å². The number of benzene rings is 1. The van der Waals surface area contributed by atoms with E-state index in [1.807, 2.05) is 31.2 Å². The molecule has 0 aromatic heterocycles. The lowest BCUT2D eigenvalue weighted by molar-refractivity contribution is 0.143. The van der Waals surface area contributed by atoms with E-state index in [4.69, 9.17) is 10.5 Å². The molecule has 1 aliphatic carbocycles. The smallest absolute Gasteiger partial charge is 0.122 e. The van der Waals surface area contributed by atoms with Gasteiger partial charge in [0.15, 0.2) is 0 Å². The molecule has 2 rings (SSSR count). The van der Waals surface area contributed by atoms with Gasteiger partial charge in [0.1, 0.15) is 5.75 Å². The van der Waals surface area contributed by atoms with Gasteiger partial charge < -0.3 is 15.6 Å². The molecule has 0 radical (unpaired) electrons. The van der Waals surface area contributed by atoms with E-state index in [1.54, 1.807) is 0 Å². The van der Waals surface area contributed by atoms with Crippen LogP contribution in [-0.2, 0) is 0 Å². The molecule has 3 heteroatoms. The number of para-hydroxylation sites is 1. The number of aryl methyl sites for hydroxylation is 1. The van der Waals surface area contributed by atoms with Crippen molar-refractivity contribution in [3.63, 3.8) is 0 Å². The predicted molar refractivity (Wildman–Crippen MR) is 72.6 cm³/mol. The molecule has 0 aliphatic heterocycles. The van der Waals surface area contributed by atoms with E-state index in [0.717, 1.165) is 37.0 Å². The zero-order valence-corrected chi connectivity index (χ0v) is 11.1. The number of ether oxygens (including phenoxy) is 1. The maximum atomic E-state index is 9.39. The molecule has 3 nitrogen and oxygen atoms in total. The van der Waals surface area contributed by atoms with E-state index in [-0.39, 0.29) is 12.1 Å². The van der Waals surface area contributed by atoms with Crippen LogP contribution in [0.15, 0.2) is 24.3 Å². The molecule has 2 unspecified atom stereocenters.